The lowest BCUT2D eigenvalue weighted by Crippen LogP contribution is -2.54. The first-order valence-electron chi connectivity index (χ1n) is 11.5. The largest absolute Gasteiger partial charge is 0.497 e. The molecular formula is C25H30N4O4S. The van der Waals surface area contributed by atoms with Crippen molar-refractivity contribution in [1.82, 2.24) is 20.1 Å². The number of thioether (sulfide) groups is 1. The molecule has 1 atom stereocenters. The molecule has 1 aromatic heterocycles. The Bertz CT molecular complexity index is 1020. The molecule has 0 bridgehead atoms. The van der Waals surface area contributed by atoms with E-state index in [1.54, 1.807) is 19.5 Å². The Hall–Kier alpha value is -3.07. The van der Waals surface area contributed by atoms with E-state index < -0.39 is 5.54 Å². The number of hydrogen-bond donors (Lipinski definition) is 1. The molecule has 2 aliphatic rings. The number of carbonyl (C=O) groups is 3. The standard InChI is InChI=1S/C25H30N4O4S/c1-25(19-10-14-28(15-11-19)22(30)17-34-21-7-12-26-13-8-21)23(31)29(24(32)27-25)16-9-18-3-5-20(33-2)6-4-18/h3-8,12-13,19H,9-11,14-17H2,1-2H3,(H,27,32). The number of carbonyl (C=O) groups excluding carboxylic acids is 3. The first kappa shape index (κ1) is 24.1. The van der Waals surface area contributed by atoms with Crippen LogP contribution in [0.5, 0.6) is 5.75 Å². The van der Waals surface area contributed by atoms with Gasteiger partial charge in [0.2, 0.25) is 5.91 Å². The first-order chi connectivity index (χ1) is 16.4. The highest BCUT2D eigenvalue weighted by Gasteiger charge is 2.52. The van der Waals surface area contributed by atoms with Gasteiger partial charge in [-0.05, 0) is 61.9 Å². The predicted molar refractivity (Wildman–Crippen MR) is 130 cm³/mol. The zero-order valence-corrected chi connectivity index (χ0v) is 20.3. The van der Waals surface area contributed by atoms with Gasteiger partial charge in [-0.1, -0.05) is 12.1 Å². The highest BCUT2D eigenvalue weighted by Crippen LogP contribution is 2.34. The number of benzene rings is 1. The van der Waals surface area contributed by atoms with E-state index in [4.69, 9.17) is 4.74 Å². The van der Waals surface area contributed by atoms with E-state index in [2.05, 4.69) is 10.3 Å². The predicted octanol–water partition coefficient (Wildman–Crippen LogP) is 2.97. The molecule has 1 N–H and O–H groups in total. The summed E-state index contributed by atoms with van der Waals surface area (Å²) < 4.78 is 5.18. The molecule has 0 aliphatic carbocycles. The smallest absolute Gasteiger partial charge is 0.325 e. The zero-order chi connectivity index (χ0) is 24.1. The summed E-state index contributed by atoms with van der Waals surface area (Å²) in [7, 11) is 1.62. The molecule has 0 radical (unpaired) electrons. The molecule has 180 valence electrons. The Morgan fingerprint density at radius 2 is 1.82 bits per heavy atom. The Balaban J connectivity index is 1.29. The summed E-state index contributed by atoms with van der Waals surface area (Å²) >= 11 is 1.50. The monoisotopic (exact) mass is 482 g/mol. The van der Waals surface area contributed by atoms with E-state index in [9.17, 15) is 14.4 Å². The minimum Gasteiger partial charge on any atom is -0.497 e. The van der Waals surface area contributed by atoms with Crippen LogP contribution in [-0.4, -0.2) is 70.7 Å². The molecule has 2 aromatic rings. The SMILES string of the molecule is COc1ccc(CCN2C(=O)NC(C)(C3CCN(C(=O)CSc4ccncc4)CC3)C2=O)cc1. The lowest BCUT2D eigenvalue weighted by molar-refractivity contribution is -0.134. The van der Waals surface area contributed by atoms with E-state index in [1.165, 1.54) is 16.7 Å². The number of pyridine rings is 1. The minimum atomic E-state index is -0.933. The van der Waals surface area contributed by atoms with Crippen molar-refractivity contribution in [3.05, 3.63) is 54.4 Å². The number of methoxy groups -OCH3 is 1. The van der Waals surface area contributed by atoms with E-state index in [1.807, 2.05) is 48.2 Å². The number of likely N-dealkylation sites (tertiary alicyclic amines) is 1. The van der Waals surface area contributed by atoms with Gasteiger partial charge in [0.25, 0.3) is 5.91 Å². The van der Waals surface area contributed by atoms with Crippen molar-refractivity contribution in [1.29, 1.82) is 0 Å². The van der Waals surface area contributed by atoms with Crippen LogP contribution in [0.3, 0.4) is 0 Å². The Labute approximate surface area is 204 Å². The second-order valence-corrected chi connectivity index (χ2v) is 9.86. The third-order valence-electron chi connectivity index (χ3n) is 6.76. The lowest BCUT2D eigenvalue weighted by Gasteiger charge is -2.39. The fourth-order valence-corrected chi connectivity index (χ4v) is 5.39. The Morgan fingerprint density at radius 3 is 2.47 bits per heavy atom. The maximum Gasteiger partial charge on any atom is 0.325 e. The molecule has 1 unspecified atom stereocenters. The lowest BCUT2D eigenvalue weighted by atomic mass is 9.79. The molecule has 3 heterocycles. The number of hydrogen-bond acceptors (Lipinski definition) is 6. The topological polar surface area (TPSA) is 91.8 Å². The average molecular weight is 483 g/mol. The van der Waals surface area contributed by atoms with Gasteiger partial charge in [-0.15, -0.1) is 11.8 Å². The average Bonchev–Trinajstić information content (AvgIpc) is 3.10. The van der Waals surface area contributed by atoms with Crippen LogP contribution in [0.2, 0.25) is 0 Å². The number of nitrogens with one attached hydrogen (secondary N) is 1. The zero-order valence-electron chi connectivity index (χ0n) is 19.5. The van der Waals surface area contributed by atoms with Crippen LogP contribution < -0.4 is 10.1 Å². The molecule has 0 spiro atoms. The second-order valence-electron chi connectivity index (χ2n) is 8.81. The molecule has 2 saturated heterocycles. The summed E-state index contributed by atoms with van der Waals surface area (Å²) in [6.07, 6.45) is 5.38. The van der Waals surface area contributed by atoms with Gasteiger partial charge in [-0.25, -0.2) is 4.79 Å². The van der Waals surface area contributed by atoms with E-state index in [0.717, 1.165) is 16.2 Å². The van der Waals surface area contributed by atoms with E-state index in [-0.39, 0.29) is 23.8 Å². The van der Waals surface area contributed by atoms with Crippen LogP contribution in [0.4, 0.5) is 4.79 Å². The quantitative estimate of drug-likeness (QED) is 0.460. The maximum absolute atomic E-state index is 13.3. The van der Waals surface area contributed by atoms with Gasteiger partial charge in [0.1, 0.15) is 11.3 Å². The first-order valence-corrected chi connectivity index (χ1v) is 12.5. The normalized spacial score (nSPS) is 21.0. The Morgan fingerprint density at radius 1 is 1.15 bits per heavy atom. The third-order valence-corrected chi connectivity index (χ3v) is 7.76. The number of nitrogens with zero attached hydrogens (tertiary/aromatic N) is 3. The van der Waals surface area contributed by atoms with E-state index >= 15 is 0 Å². The van der Waals surface area contributed by atoms with Gasteiger partial charge in [0.15, 0.2) is 0 Å². The number of urea groups is 1. The number of amides is 4. The molecule has 4 amide bonds. The van der Waals surface area contributed by atoms with Gasteiger partial charge in [0.05, 0.1) is 12.9 Å². The third kappa shape index (κ3) is 5.19. The summed E-state index contributed by atoms with van der Waals surface area (Å²) in [5.74, 6) is 1.05. The van der Waals surface area contributed by atoms with Gasteiger partial charge in [-0.2, -0.15) is 0 Å². The molecule has 2 aliphatic heterocycles. The van der Waals surface area contributed by atoms with Crippen LogP contribution in [0.15, 0.2) is 53.7 Å². The molecule has 0 saturated carbocycles. The van der Waals surface area contributed by atoms with Gasteiger partial charge >= 0.3 is 6.03 Å². The molecule has 2 fully saturated rings. The summed E-state index contributed by atoms with van der Waals surface area (Å²) in [6, 6.07) is 11.1. The van der Waals surface area contributed by atoms with Crippen molar-refractivity contribution >= 4 is 29.6 Å². The van der Waals surface area contributed by atoms with Crippen molar-refractivity contribution in [2.45, 2.75) is 36.6 Å². The van der Waals surface area contributed by atoms with Crippen molar-refractivity contribution < 1.29 is 19.1 Å². The second kappa shape index (κ2) is 10.5. The van der Waals surface area contributed by atoms with Gasteiger partial charge in [0, 0.05) is 36.9 Å². The molecule has 34 heavy (non-hydrogen) atoms. The highest BCUT2D eigenvalue weighted by molar-refractivity contribution is 8.00. The Kier molecular flexibility index (Phi) is 7.41. The molecule has 1 aromatic carbocycles. The summed E-state index contributed by atoms with van der Waals surface area (Å²) in [6.45, 7) is 3.33. The van der Waals surface area contributed by atoms with Crippen LogP contribution in [-0.2, 0) is 16.0 Å². The summed E-state index contributed by atoms with van der Waals surface area (Å²) in [5, 5.41) is 2.95. The number of aromatic nitrogens is 1. The van der Waals surface area contributed by atoms with Crippen molar-refractivity contribution in [3.8, 4) is 5.75 Å². The summed E-state index contributed by atoms with van der Waals surface area (Å²) in [4.78, 5) is 46.8. The minimum absolute atomic E-state index is 0.00756. The van der Waals surface area contributed by atoms with E-state index in [0.29, 0.717) is 44.6 Å². The number of rotatable bonds is 8. The fourth-order valence-electron chi connectivity index (χ4n) is 4.61. The maximum atomic E-state index is 13.3. The van der Waals surface area contributed by atoms with Crippen LogP contribution in [0, 0.1) is 5.92 Å². The van der Waals surface area contributed by atoms with Crippen LogP contribution in [0.1, 0.15) is 25.3 Å². The van der Waals surface area contributed by atoms with Crippen LogP contribution >= 0.6 is 11.8 Å². The van der Waals surface area contributed by atoms with Crippen molar-refractivity contribution in [2.24, 2.45) is 5.92 Å². The number of imide groups is 1. The molecule has 9 heteroatoms. The molecule has 8 nitrogen and oxygen atoms in total. The summed E-state index contributed by atoms with van der Waals surface area (Å²) in [5.41, 5.74) is 0.101. The van der Waals surface area contributed by atoms with Crippen molar-refractivity contribution in [2.75, 3.05) is 32.5 Å². The van der Waals surface area contributed by atoms with Crippen LogP contribution in [0.25, 0.3) is 0 Å². The highest BCUT2D eigenvalue weighted by atomic mass is 32.2. The molecule has 4 rings (SSSR count). The van der Waals surface area contributed by atoms with Gasteiger partial charge < -0.3 is 15.0 Å². The van der Waals surface area contributed by atoms with Gasteiger partial charge in [-0.3, -0.25) is 19.5 Å². The number of ether oxygens (including phenoxy) is 1. The van der Waals surface area contributed by atoms with Crippen molar-refractivity contribution in [3.63, 3.8) is 0 Å². The molecular weight excluding hydrogens is 452 g/mol. The fraction of sp³-hybridized carbons (Fsp3) is 0.440. The number of piperidine rings is 1.